The van der Waals surface area contributed by atoms with E-state index in [2.05, 4.69) is 20.2 Å². The Balaban J connectivity index is 1.87. The van der Waals surface area contributed by atoms with Crippen molar-refractivity contribution in [3.05, 3.63) is 53.2 Å². The second-order valence-corrected chi connectivity index (χ2v) is 5.96. The Morgan fingerprint density at radius 1 is 1.11 bits per heavy atom. The molecule has 0 radical (unpaired) electrons. The van der Waals surface area contributed by atoms with Gasteiger partial charge in [0.15, 0.2) is 11.5 Å². The molecule has 0 aliphatic rings. The summed E-state index contributed by atoms with van der Waals surface area (Å²) < 4.78 is 40.0. The van der Waals surface area contributed by atoms with Crippen molar-refractivity contribution in [3.63, 3.8) is 0 Å². The number of methoxy groups -OCH3 is 2. The van der Waals surface area contributed by atoms with Gasteiger partial charge in [0.05, 0.1) is 31.6 Å². The van der Waals surface area contributed by atoms with Gasteiger partial charge in [0, 0.05) is 22.2 Å². The number of hydrazone groups is 1. The summed E-state index contributed by atoms with van der Waals surface area (Å²) in [6.07, 6.45) is 3.14. The van der Waals surface area contributed by atoms with Crippen LogP contribution in [-0.2, 0) is 0 Å². The second-order valence-electron chi connectivity index (χ2n) is 5.52. The summed E-state index contributed by atoms with van der Waals surface area (Å²) >= 11 is 5.99. The summed E-state index contributed by atoms with van der Waals surface area (Å²) in [6, 6.07) is 10.1. The van der Waals surface area contributed by atoms with Gasteiger partial charge in [-0.15, -0.1) is 0 Å². The van der Waals surface area contributed by atoms with Crippen molar-refractivity contribution in [1.82, 2.24) is 4.98 Å². The Kier molecular flexibility index (Phi) is 6.10. The van der Waals surface area contributed by atoms with Gasteiger partial charge in [-0.05, 0) is 36.4 Å². The van der Waals surface area contributed by atoms with Crippen LogP contribution in [0.1, 0.15) is 5.56 Å². The molecule has 0 unspecified atom stereocenters. The topological polar surface area (TPSA) is 65.0 Å². The van der Waals surface area contributed by atoms with E-state index in [1.807, 2.05) is 6.07 Å². The fraction of sp³-hybridized carbons (Fsp3) is 0.158. The van der Waals surface area contributed by atoms with Crippen molar-refractivity contribution in [3.8, 4) is 17.2 Å². The average molecular weight is 408 g/mol. The number of aromatic nitrogens is 1. The molecule has 0 aliphatic carbocycles. The number of nitrogens with one attached hydrogen (secondary N) is 1. The Labute approximate surface area is 164 Å². The van der Waals surface area contributed by atoms with E-state index in [0.717, 1.165) is 16.6 Å². The lowest BCUT2D eigenvalue weighted by molar-refractivity contribution is -0.0526. The standard InChI is InChI=1S/C19H16ClF2N3O3/c1-26-16-7-11(8-17(27-2)18(16)28-19(21)22)10-24-25-14-5-6-23-15-9-12(20)3-4-13(14)15/h3-10,19H,1-2H3,(H,23,25)/b24-10-. The molecule has 2 aromatic carbocycles. The third-order valence-corrected chi connectivity index (χ3v) is 4.03. The van der Waals surface area contributed by atoms with Crippen LogP contribution < -0.4 is 19.6 Å². The first-order valence-electron chi connectivity index (χ1n) is 8.06. The molecular formula is C19H16ClF2N3O3. The number of halogens is 3. The van der Waals surface area contributed by atoms with Gasteiger partial charge in [0.1, 0.15) is 0 Å². The van der Waals surface area contributed by atoms with Gasteiger partial charge in [-0.3, -0.25) is 10.4 Å². The lowest BCUT2D eigenvalue weighted by Crippen LogP contribution is -2.06. The van der Waals surface area contributed by atoms with Gasteiger partial charge in [0.25, 0.3) is 0 Å². The molecule has 0 amide bonds. The van der Waals surface area contributed by atoms with Gasteiger partial charge in [-0.2, -0.15) is 13.9 Å². The zero-order chi connectivity index (χ0) is 20.1. The summed E-state index contributed by atoms with van der Waals surface area (Å²) in [5, 5.41) is 5.63. The highest BCUT2D eigenvalue weighted by molar-refractivity contribution is 6.31. The highest BCUT2D eigenvalue weighted by atomic mass is 35.5. The van der Waals surface area contributed by atoms with Crippen LogP contribution in [0.2, 0.25) is 5.02 Å². The SMILES string of the molecule is COc1cc(/C=N\Nc2ccnc3cc(Cl)ccc23)cc(OC)c1OC(F)F. The molecule has 1 heterocycles. The summed E-state index contributed by atoms with van der Waals surface area (Å²) in [5.41, 5.74) is 4.95. The van der Waals surface area contributed by atoms with Crippen LogP contribution in [0.4, 0.5) is 14.5 Å². The fourth-order valence-electron chi connectivity index (χ4n) is 2.58. The summed E-state index contributed by atoms with van der Waals surface area (Å²) in [7, 11) is 2.70. The number of anilines is 1. The lowest BCUT2D eigenvalue weighted by atomic mass is 10.2. The number of nitrogens with zero attached hydrogens (tertiary/aromatic N) is 2. The number of alkyl halides is 2. The van der Waals surface area contributed by atoms with Gasteiger partial charge < -0.3 is 14.2 Å². The van der Waals surface area contributed by atoms with E-state index >= 15 is 0 Å². The van der Waals surface area contributed by atoms with E-state index in [-0.39, 0.29) is 17.2 Å². The maximum Gasteiger partial charge on any atom is 0.387 e. The van der Waals surface area contributed by atoms with Crippen molar-refractivity contribution in [2.75, 3.05) is 19.6 Å². The fourth-order valence-corrected chi connectivity index (χ4v) is 2.74. The number of benzene rings is 2. The molecule has 3 rings (SSSR count). The predicted octanol–water partition coefficient (Wildman–Crippen LogP) is 4.95. The van der Waals surface area contributed by atoms with Gasteiger partial charge >= 0.3 is 6.61 Å². The molecule has 1 N–H and O–H groups in total. The van der Waals surface area contributed by atoms with Gasteiger partial charge in [0.2, 0.25) is 5.75 Å². The normalized spacial score (nSPS) is 11.2. The molecule has 0 bridgehead atoms. The minimum absolute atomic E-state index is 0.102. The zero-order valence-electron chi connectivity index (χ0n) is 14.9. The third kappa shape index (κ3) is 4.40. The van der Waals surface area contributed by atoms with E-state index in [1.165, 1.54) is 32.6 Å². The first kappa shape index (κ1) is 19.6. The monoisotopic (exact) mass is 407 g/mol. The van der Waals surface area contributed by atoms with E-state index in [0.29, 0.717) is 10.6 Å². The van der Waals surface area contributed by atoms with Gasteiger partial charge in [-0.1, -0.05) is 11.6 Å². The highest BCUT2D eigenvalue weighted by Crippen LogP contribution is 2.39. The molecule has 3 aromatic rings. The van der Waals surface area contributed by atoms with Crippen molar-refractivity contribution in [2.24, 2.45) is 5.10 Å². The maximum absolute atomic E-state index is 12.6. The number of rotatable bonds is 7. The number of hydrogen-bond acceptors (Lipinski definition) is 6. The molecule has 0 aliphatic heterocycles. The van der Waals surface area contributed by atoms with E-state index in [4.69, 9.17) is 21.1 Å². The summed E-state index contributed by atoms with van der Waals surface area (Å²) in [4.78, 5) is 4.26. The Hall–Kier alpha value is -3.13. The second kappa shape index (κ2) is 8.71. The molecule has 0 atom stereocenters. The third-order valence-electron chi connectivity index (χ3n) is 3.79. The molecule has 0 fully saturated rings. The first-order chi connectivity index (χ1) is 13.5. The quantitative estimate of drug-likeness (QED) is 0.443. The Morgan fingerprint density at radius 3 is 2.46 bits per heavy atom. The predicted molar refractivity (Wildman–Crippen MR) is 104 cm³/mol. The Morgan fingerprint density at radius 2 is 1.82 bits per heavy atom. The molecule has 146 valence electrons. The zero-order valence-corrected chi connectivity index (χ0v) is 15.7. The van der Waals surface area contributed by atoms with E-state index in [9.17, 15) is 8.78 Å². The van der Waals surface area contributed by atoms with E-state index < -0.39 is 6.61 Å². The number of pyridine rings is 1. The Bertz CT molecular complexity index is 990. The first-order valence-corrected chi connectivity index (χ1v) is 8.43. The minimum Gasteiger partial charge on any atom is -0.493 e. The highest BCUT2D eigenvalue weighted by Gasteiger charge is 2.17. The molecule has 9 heteroatoms. The van der Waals surface area contributed by atoms with Crippen molar-refractivity contribution >= 4 is 34.4 Å². The van der Waals surface area contributed by atoms with Crippen molar-refractivity contribution in [2.45, 2.75) is 6.61 Å². The van der Waals surface area contributed by atoms with E-state index in [1.54, 1.807) is 24.4 Å². The molecular weight excluding hydrogens is 392 g/mol. The van der Waals surface area contributed by atoms with Crippen molar-refractivity contribution in [1.29, 1.82) is 0 Å². The van der Waals surface area contributed by atoms with Crippen LogP contribution in [0, 0.1) is 0 Å². The number of hydrogen-bond donors (Lipinski definition) is 1. The molecule has 28 heavy (non-hydrogen) atoms. The van der Waals surface area contributed by atoms with Gasteiger partial charge in [-0.25, -0.2) is 0 Å². The largest absolute Gasteiger partial charge is 0.493 e. The average Bonchev–Trinajstić information content (AvgIpc) is 2.68. The lowest BCUT2D eigenvalue weighted by Gasteiger charge is -2.14. The van der Waals surface area contributed by atoms with Crippen LogP contribution in [0.5, 0.6) is 17.2 Å². The summed E-state index contributed by atoms with van der Waals surface area (Å²) in [6.45, 7) is -3.00. The maximum atomic E-state index is 12.6. The molecule has 0 spiro atoms. The van der Waals surface area contributed by atoms with Crippen molar-refractivity contribution < 1.29 is 23.0 Å². The summed E-state index contributed by atoms with van der Waals surface area (Å²) in [5.74, 6) is 0.0253. The number of fused-ring (bicyclic) bond motifs is 1. The van der Waals surface area contributed by atoms with Crippen LogP contribution in [0.25, 0.3) is 10.9 Å². The van der Waals surface area contributed by atoms with Crippen LogP contribution in [-0.4, -0.2) is 32.0 Å². The molecule has 0 saturated carbocycles. The minimum atomic E-state index is -3.00. The van der Waals surface area contributed by atoms with Crippen LogP contribution >= 0.6 is 11.6 Å². The van der Waals surface area contributed by atoms with Crippen LogP contribution in [0.15, 0.2) is 47.7 Å². The molecule has 0 saturated heterocycles. The number of ether oxygens (including phenoxy) is 3. The molecule has 6 nitrogen and oxygen atoms in total. The van der Waals surface area contributed by atoms with Crippen LogP contribution in [0.3, 0.4) is 0 Å². The smallest absolute Gasteiger partial charge is 0.387 e. The molecule has 1 aromatic heterocycles.